The van der Waals surface area contributed by atoms with E-state index in [0.29, 0.717) is 0 Å². The van der Waals surface area contributed by atoms with Crippen molar-refractivity contribution >= 4 is 17.3 Å². The van der Waals surface area contributed by atoms with Crippen LogP contribution in [0, 0.1) is 0 Å². The fourth-order valence-corrected chi connectivity index (χ4v) is 1.49. The minimum absolute atomic E-state index is 0.197. The lowest BCUT2D eigenvalue weighted by Gasteiger charge is -2.02. The van der Waals surface area contributed by atoms with E-state index in [9.17, 15) is 22.8 Å². The first-order valence-corrected chi connectivity index (χ1v) is 4.64. The fourth-order valence-electron chi connectivity index (χ4n) is 1.49. The molecule has 5 nitrogen and oxygen atoms in total. The summed E-state index contributed by atoms with van der Waals surface area (Å²) in [6, 6.07) is 4.00. The normalized spacial score (nSPS) is 11.7. The van der Waals surface area contributed by atoms with Crippen molar-refractivity contribution in [1.29, 1.82) is 0 Å². The lowest BCUT2D eigenvalue weighted by molar-refractivity contribution is -0.0887. The van der Waals surface area contributed by atoms with E-state index in [0.717, 1.165) is 4.40 Å². The summed E-state index contributed by atoms with van der Waals surface area (Å²) in [7, 11) is 0. The molecule has 18 heavy (non-hydrogen) atoms. The molecule has 0 fully saturated rings. The Balaban J connectivity index is 2.73. The number of carboxylic acids is 1. The number of aromatic carboxylic acids is 1. The first kappa shape index (κ1) is 12.1. The van der Waals surface area contributed by atoms with Gasteiger partial charge in [-0.05, 0) is 12.1 Å². The molecule has 0 amide bonds. The number of ketones is 1. The van der Waals surface area contributed by atoms with Crippen molar-refractivity contribution in [3.05, 3.63) is 35.9 Å². The maximum Gasteiger partial charge on any atom is 0.456 e. The van der Waals surface area contributed by atoms with Gasteiger partial charge in [-0.1, -0.05) is 6.07 Å². The third-order valence-corrected chi connectivity index (χ3v) is 2.21. The second kappa shape index (κ2) is 3.83. The molecule has 0 aliphatic carbocycles. The van der Waals surface area contributed by atoms with Gasteiger partial charge in [-0.2, -0.15) is 13.2 Å². The monoisotopic (exact) mass is 258 g/mol. The molecule has 0 saturated heterocycles. The number of halogens is 3. The van der Waals surface area contributed by atoms with Crippen molar-refractivity contribution in [2.75, 3.05) is 0 Å². The third-order valence-electron chi connectivity index (χ3n) is 2.21. The summed E-state index contributed by atoms with van der Waals surface area (Å²) in [4.78, 5) is 25.2. The smallest absolute Gasteiger partial charge is 0.456 e. The van der Waals surface area contributed by atoms with Gasteiger partial charge in [-0.25, -0.2) is 9.78 Å². The van der Waals surface area contributed by atoms with E-state index in [-0.39, 0.29) is 5.52 Å². The number of carboxylic acid groups (broad SMARTS) is 1. The Bertz CT molecular complexity index is 645. The largest absolute Gasteiger partial charge is 0.475 e. The second-order valence-electron chi connectivity index (χ2n) is 3.37. The number of pyridine rings is 1. The van der Waals surface area contributed by atoms with Crippen LogP contribution in [0.25, 0.3) is 5.52 Å². The number of hydrogen-bond donors (Lipinski definition) is 1. The molecule has 2 aromatic rings. The first-order valence-electron chi connectivity index (χ1n) is 4.64. The van der Waals surface area contributed by atoms with E-state index in [2.05, 4.69) is 4.98 Å². The standard InChI is InChI=1S/C10H5F3N2O3/c11-10(12,13)7(16)6-5-3-1-2-4-15(5)8(14-6)9(17)18/h1-4H,(H,17,18). The molecule has 8 heteroatoms. The molecule has 0 atom stereocenters. The molecule has 0 spiro atoms. The molecule has 2 rings (SSSR count). The van der Waals surface area contributed by atoms with E-state index in [1.54, 1.807) is 0 Å². The highest BCUT2D eigenvalue weighted by atomic mass is 19.4. The number of carbonyl (C=O) groups excluding carboxylic acids is 1. The number of fused-ring (bicyclic) bond motifs is 1. The van der Waals surface area contributed by atoms with Crippen molar-refractivity contribution in [3.63, 3.8) is 0 Å². The Morgan fingerprint density at radius 3 is 2.50 bits per heavy atom. The van der Waals surface area contributed by atoms with Gasteiger partial charge < -0.3 is 5.11 Å². The lowest BCUT2D eigenvalue weighted by Crippen LogP contribution is -2.23. The summed E-state index contributed by atoms with van der Waals surface area (Å²) in [5.41, 5.74) is -1.11. The van der Waals surface area contributed by atoms with Gasteiger partial charge in [0, 0.05) is 6.20 Å². The number of carbonyl (C=O) groups is 2. The molecule has 0 aliphatic heterocycles. The number of imidazole rings is 1. The number of alkyl halides is 3. The number of aromatic nitrogens is 2. The Labute approximate surface area is 97.5 Å². The van der Waals surface area contributed by atoms with Crippen LogP contribution in [0.3, 0.4) is 0 Å². The minimum atomic E-state index is -5.10. The van der Waals surface area contributed by atoms with E-state index in [4.69, 9.17) is 5.11 Å². The Hall–Kier alpha value is -2.38. The van der Waals surface area contributed by atoms with Gasteiger partial charge in [0.15, 0.2) is 0 Å². The summed E-state index contributed by atoms with van der Waals surface area (Å²) in [6.45, 7) is 0. The summed E-state index contributed by atoms with van der Waals surface area (Å²) in [6.07, 6.45) is -3.88. The molecule has 1 N–H and O–H groups in total. The van der Waals surface area contributed by atoms with Gasteiger partial charge in [-0.15, -0.1) is 0 Å². The zero-order valence-electron chi connectivity index (χ0n) is 8.60. The maximum atomic E-state index is 12.3. The van der Waals surface area contributed by atoms with Gasteiger partial charge >= 0.3 is 12.1 Å². The van der Waals surface area contributed by atoms with Gasteiger partial charge in [0.05, 0.1) is 5.52 Å². The highest BCUT2D eigenvalue weighted by Gasteiger charge is 2.42. The van der Waals surface area contributed by atoms with Crippen LogP contribution in [0.5, 0.6) is 0 Å². The predicted molar refractivity (Wildman–Crippen MR) is 52.5 cm³/mol. The molecular formula is C10H5F3N2O3. The van der Waals surface area contributed by atoms with Crippen LogP contribution < -0.4 is 0 Å². The highest BCUT2D eigenvalue weighted by Crippen LogP contribution is 2.24. The number of hydrogen-bond acceptors (Lipinski definition) is 3. The molecule has 0 bridgehead atoms. The fraction of sp³-hybridized carbons (Fsp3) is 0.100. The molecule has 2 heterocycles. The SMILES string of the molecule is O=C(O)c1nc(C(=O)C(F)(F)F)c2ccccn12. The van der Waals surface area contributed by atoms with Crippen molar-refractivity contribution in [2.24, 2.45) is 0 Å². The molecule has 0 aromatic carbocycles. The maximum absolute atomic E-state index is 12.3. The van der Waals surface area contributed by atoms with E-state index >= 15 is 0 Å². The van der Waals surface area contributed by atoms with Crippen LogP contribution in [0.15, 0.2) is 24.4 Å². The average molecular weight is 258 g/mol. The summed E-state index contributed by atoms with van der Waals surface area (Å²) >= 11 is 0. The van der Waals surface area contributed by atoms with E-state index in [1.165, 1.54) is 24.4 Å². The summed E-state index contributed by atoms with van der Waals surface area (Å²) in [5.74, 6) is -4.32. The van der Waals surface area contributed by atoms with Crippen LogP contribution in [0.4, 0.5) is 13.2 Å². The quantitative estimate of drug-likeness (QED) is 0.833. The van der Waals surface area contributed by atoms with Crippen molar-refractivity contribution in [1.82, 2.24) is 9.38 Å². The van der Waals surface area contributed by atoms with Crippen molar-refractivity contribution in [2.45, 2.75) is 6.18 Å². The molecule has 0 unspecified atom stereocenters. The third kappa shape index (κ3) is 1.81. The van der Waals surface area contributed by atoms with Crippen LogP contribution >= 0.6 is 0 Å². The Morgan fingerprint density at radius 1 is 1.28 bits per heavy atom. The van der Waals surface area contributed by atoms with Gasteiger partial charge in [0.2, 0.25) is 5.82 Å². The predicted octanol–water partition coefficient (Wildman–Crippen LogP) is 1.78. The second-order valence-corrected chi connectivity index (χ2v) is 3.37. The topological polar surface area (TPSA) is 71.7 Å². The number of Topliss-reactive ketones (excluding diaryl/α,β-unsaturated/α-hetero) is 1. The van der Waals surface area contributed by atoms with Crippen molar-refractivity contribution < 1.29 is 27.9 Å². The molecule has 2 aromatic heterocycles. The average Bonchev–Trinajstić information content (AvgIpc) is 2.66. The first-order chi connectivity index (χ1) is 8.32. The number of rotatable bonds is 2. The van der Waals surface area contributed by atoms with Gasteiger partial charge in [0.25, 0.3) is 5.78 Å². The molecular weight excluding hydrogens is 253 g/mol. The summed E-state index contributed by atoms with van der Waals surface area (Å²) in [5, 5.41) is 8.80. The van der Waals surface area contributed by atoms with E-state index in [1.807, 2.05) is 0 Å². The highest BCUT2D eigenvalue weighted by molar-refractivity contribution is 6.05. The molecule has 0 saturated carbocycles. The Morgan fingerprint density at radius 2 is 1.94 bits per heavy atom. The minimum Gasteiger partial charge on any atom is -0.475 e. The number of nitrogens with zero attached hydrogens (tertiary/aromatic N) is 2. The van der Waals surface area contributed by atoms with Crippen LogP contribution in [-0.4, -0.2) is 32.4 Å². The van der Waals surface area contributed by atoms with Gasteiger partial charge in [0.1, 0.15) is 5.69 Å². The van der Waals surface area contributed by atoms with Crippen LogP contribution in [-0.2, 0) is 0 Å². The Kier molecular flexibility index (Phi) is 2.57. The van der Waals surface area contributed by atoms with Crippen LogP contribution in [0.1, 0.15) is 21.1 Å². The zero-order valence-corrected chi connectivity index (χ0v) is 8.60. The molecule has 0 aliphatic rings. The lowest BCUT2D eigenvalue weighted by atomic mass is 10.2. The zero-order chi connectivity index (χ0) is 13.5. The van der Waals surface area contributed by atoms with E-state index < -0.39 is 29.4 Å². The van der Waals surface area contributed by atoms with Crippen LogP contribution in [0.2, 0.25) is 0 Å². The van der Waals surface area contributed by atoms with Gasteiger partial charge in [-0.3, -0.25) is 9.20 Å². The molecule has 0 radical (unpaired) electrons. The van der Waals surface area contributed by atoms with Crippen molar-refractivity contribution in [3.8, 4) is 0 Å². The molecule has 94 valence electrons. The summed E-state index contributed by atoms with van der Waals surface area (Å²) < 4.78 is 37.9.